The highest BCUT2D eigenvalue weighted by molar-refractivity contribution is 5.04. The molecule has 5 heteroatoms. The van der Waals surface area contributed by atoms with Crippen molar-refractivity contribution in [1.82, 2.24) is 19.7 Å². The Labute approximate surface area is 108 Å². The fourth-order valence-electron chi connectivity index (χ4n) is 3.13. The first kappa shape index (κ1) is 12.1. The third kappa shape index (κ3) is 2.06. The van der Waals surface area contributed by atoms with E-state index in [0.717, 1.165) is 37.6 Å². The van der Waals surface area contributed by atoms with E-state index in [1.807, 2.05) is 4.68 Å². The number of nitrogens with zero attached hydrogens (tertiary/aromatic N) is 4. The summed E-state index contributed by atoms with van der Waals surface area (Å²) in [5.74, 6) is 1.92. The zero-order chi connectivity index (χ0) is 12.7. The van der Waals surface area contributed by atoms with Crippen LogP contribution in [0.4, 0.5) is 0 Å². The van der Waals surface area contributed by atoms with Crippen LogP contribution in [0.5, 0.6) is 0 Å². The van der Waals surface area contributed by atoms with Gasteiger partial charge in [0.25, 0.3) is 0 Å². The summed E-state index contributed by atoms with van der Waals surface area (Å²) in [5.41, 5.74) is 0. The second kappa shape index (κ2) is 4.63. The van der Waals surface area contributed by atoms with Crippen LogP contribution >= 0.6 is 0 Å². The zero-order valence-corrected chi connectivity index (χ0v) is 11.2. The number of aryl methyl sites for hydroxylation is 1. The molecule has 0 bridgehead atoms. The molecule has 2 aliphatic heterocycles. The highest BCUT2D eigenvalue weighted by Crippen LogP contribution is 2.32. The van der Waals surface area contributed by atoms with Gasteiger partial charge in [0.2, 0.25) is 0 Å². The minimum atomic E-state index is -0.237. The van der Waals surface area contributed by atoms with Crippen LogP contribution in [0, 0.1) is 0 Å². The van der Waals surface area contributed by atoms with Crippen molar-refractivity contribution < 1.29 is 5.11 Å². The molecule has 1 fully saturated rings. The Morgan fingerprint density at radius 3 is 2.89 bits per heavy atom. The molecule has 0 amide bonds. The summed E-state index contributed by atoms with van der Waals surface area (Å²) < 4.78 is 1.98. The van der Waals surface area contributed by atoms with Crippen molar-refractivity contribution in [3.05, 3.63) is 11.6 Å². The number of aromatic nitrogens is 3. The molecule has 100 valence electrons. The van der Waals surface area contributed by atoms with Crippen molar-refractivity contribution in [2.75, 3.05) is 6.54 Å². The molecule has 2 aliphatic rings. The maximum absolute atomic E-state index is 9.68. The Kier molecular flexibility index (Phi) is 3.11. The van der Waals surface area contributed by atoms with Gasteiger partial charge in [0.15, 0.2) is 5.82 Å². The topological polar surface area (TPSA) is 54.2 Å². The lowest BCUT2D eigenvalue weighted by Crippen LogP contribution is -2.30. The standard InChI is InChI=1S/C13H22N4O/c1-9(2)16-6-3-4-11(16)13-14-12-8-10(18)5-7-17(12)15-13/h9-11,18H,3-8H2,1-2H3. The maximum Gasteiger partial charge on any atom is 0.168 e. The molecule has 1 aromatic heterocycles. The monoisotopic (exact) mass is 250 g/mol. The van der Waals surface area contributed by atoms with E-state index in [2.05, 4.69) is 28.8 Å². The van der Waals surface area contributed by atoms with Crippen LogP contribution in [0.25, 0.3) is 0 Å². The van der Waals surface area contributed by atoms with Gasteiger partial charge in [-0.05, 0) is 39.7 Å². The quantitative estimate of drug-likeness (QED) is 0.855. The van der Waals surface area contributed by atoms with Crippen LogP contribution in [0.2, 0.25) is 0 Å². The summed E-state index contributed by atoms with van der Waals surface area (Å²) in [5, 5.41) is 14.3. The van der Waals surface area contributed by atoms with Gasteiger partial charge in [-0.3, -0.25) is 4.90 Å². The van der Waals surface area contributed by atoms with Crippen LogP contribution in [0.3, 0.4) is 0 Å². The molecule has 18 heavy (non-hydrogen) atoms. The van der Waals surface area contributed by atoms with E-state index in [1.54, 1.807) is 0 Å². The molecule has 1 aromatic rings. The molecule has 3 heterocycles. The van der Waals surface area contributed by atoms with E-state index in [9.17, 15) is 5.11 Å². The van der Waals surface area contributed by atoms with Crippen molar-refractivity contribution in [3.63, 3.8) is 0 Å². The van der Waals surface area contributed by atoms with Crippen LogP contribution in [-0.4, -0.2) is 43.5 Å². The average molecular weight is 250 g/mol. The summed E-state index contributed by atoms with van der Waals surface area (Å²) in [6, 6.07) is 0.920. The Morgan fingerprint density at radius 2 is 2.11 bits per heavy atom. The number of likely N-dealkylation sites (tertiary alicyclic amines) is 1. The summed E-state index contributed by atoms with van der Waals surface area (Å²) in [6.07, 6.45) is 3.61. The van der Waals surface area contributed by atoms with Gasteiger partial charge < -0.3 is 5.11 Å². The SMILES string of the molecule is CC(C)N1CCCC1c1nc2n(n1)CCC(O)C2. The van der Waals surface area contributed by atoms with Crippen molar-refractivity contribution in [2.45, 2.75) is 64.3 Å². The van der Waals surface area contributed by atoms with Crippen molar-refractivity contribution in [3.8, 4) is 0 Å². The molecule has 3 rings (SSSR count). The highest BCUT2D eigenvalue weighted by atomic mass is 16.3. The van der Waals surface area contributed by atoms with Crippen molar-refractivity contribution in [1.29, 1.82) is 0 Å². The van der Waals surface area contributed by atoms with Gasteiger partial charge in [0.05, 0.1) is 12.1 Å². The average Bonchev–Trinajstić information content (AvgIpc) is 2.93. The van der Waals surface area contributed by atoms with E-state index < -0.39 is 0 Å². The molecular weight excluding hydrogens is 228 g/mol. The summed E-state index contributed by atoms with van der Waals surface area (Å²) in [4.78, 5) is 7.15. The molecule has 0 radical (unpaired) electrons. The lowest BCUT2D eigenvalue weighted by atomic mass is 10.1. The number of aliphatic hydroxyl groups is 1. The summed E-state index contributed by atoms with van der Waals surface area (Å²) in [7, 11) is 0. The van der Waals surface area contributed by atoms with Crippen LogP contribution in [0.15, 0.2) is 0 Å². The van der Waals surface area contributed by atoms with Crippen molar-refractivity contribution in [2.24, 2.45) is 0 Å². The van der Waals surface area contributed by atoms with Gasteiger partial charge in [-0.1, -0.05) is 0 Å². The fourth-order valence-corrected chi connectivity index (χ4v) is 3.13. The van der Waals surface area contributed by atoms with E-state index in [1.165, 1.54) is 6.42 Å². The molecular formula is C13H22N4O. The first-order valence-corrected chi connectivity index (χ1v) is 7.02. The number of fused-ring (bicyclic) bond motifs is 1. The van der Waals surface area contributed by atoms with E-state index in [0.29, 0.717) is 18.5 Å². The predicted octanol–water partition coefficient (Wildman–Crippen LogP) is 1.13. The predicted molar refractivity (Wildman–Crippen MR) is 68.2 cm³/mol. The Bertz CT molecular complexity index is 429. The molecule has 2 unspecified atom stereocenters. The number of hydrogen-bond donors (Lipinski definition) is 1. The molecule has 0 spiro atoms. The van der Waals surface area contributed by atoms with E-state index in [4.69, 9.17) is 0 Å². The number of rotatable bonds is 2. The number of aliphatic hydroxyl groups excluding tert-OH is 1. The molecule has 0 aromatic carbocycles. The minimum Gasteiger partial charge on any atom is -0.393 e. The first-order chi connectivity index (χ1) is 8.65. The molecule has 2 atom stereocenters. The van der Waals surface area contributed by atoms with Crippen LogP contribution in [-0.2, 0) is 13.0 Å². The maximum atomic E-state index is 9.68. The van der Waals surface area contributed by atoms with Crippen LogP contribution < -0.4 is 0 Å². The van der Waals surface area contributed by atoms with Gasteiger partial charge in [-0.15, -0.1) is 0 Å². The lowest BCUT2D eigenvalue weighted by molar-refractivity contribution is 0.138. The van der Waals surface area contributed by atoms with E-state index >= 15 is 0 Å². The van der Waals surface area contributed by atoms with Gasteiger partial charge in [0, 0.05) is 19.0 Å². The fraction of sp³-hybridized carbons (Fsp3) is 0.846. The third-order valence-electron chi connectivity index (χ3n) is 4.11. The highest BCUT2D eigenvalue weighted by Gasteiger charge is 2.32. The summed E-state index contributed by atoms with van der Waals surface area (Å²) >= 11 is 0. The zero-order valence-electron chi connectivity index (χ0n) is 11.2. The van der Waals surface area contributed by atoms with Gasteiger partial charge >= 0.3 is 0 Å². The smallest absolute Gasteiger partial charge is 0.168 e. The molecule has 1 saturated heterocycles. The normalized spacial score (nSPS) is 28.9. The lowest BCUT2D eigenvalue weighted by Gasteiger charge is -2.26. The van der Waals surface area contributed by atoms with Crippen molar-refractivity contribution >= 4 is 0 Å². The largest absolute Gasteiger partial charge is 0.393 e. The minimum absolute atomic E-state index is 0.237. The van der Waals surface area contributed by atoms with Gasteiger partial charge in [-0.2, -0.15) is 5.10 Å². The first-order valence-electron chi connectivity index (χ1n) is 7.02. The van der Waals surface area contributed by atoms with E-state index in [-0.39, 0.29) is 6.10 Å². The summed E-state index contributed by atoms with van der Waals surface area (Å²) in [6.45, 7) is 6.42. The Balaban J connectivity index is 1.84. The molecule has 5 nitrogen and oxygen atoms in total. The molecule has 0 saturated carbocycles. The van der Waals surface area contributed by atoms with Gasteiger partial charge in [-0.25, -0.2) is 9.67 Å². The second-order valence-electron chi connectivity index (χ2n) is 5.75. The number of hydrogen-bond acceptors (Lipinski definition) is 4. The third-order valence-corrected chi connectivity index (χ3v) is 4.11. The Hall–Kier alpha value is -0.940. The Morgan fingerprint density at radius 1 is 1.28 bits per heavy atom. The van der Waals surface area contributed by atoms with Crippen LogP contribution in [0.1, 0.15) is 50.8 Å². The molecule has 1 N–H and O–H groups in total. The van der Waals surface area contributed by atoms with Gasteiger partial charge in [0.1, 0.15) is 5.82 Å². The molecule has 0 aliphatic carbocycles. The second-order valence-corrected chi connectivity index (χ2v) is 5.75.